The maximum absolute atomic E-state index is 13.2. The molecule has 1 aliphatic heterocycles. The molecule has 1 atom stereocenters. The lowest BCUT2D eigenvalue weighted by Gasteiger charge is -2.20. The normalized spacial score (nSPS) is 14.4. The lowest BCUT2D eigenvalue weighted by molar-refractivity contribution is -0.137. The molecule has 1 aromatic carbocycles. The third-order valence-electron chi connectivity index (χ3n) is 5.54. The fourth-order valence-electron chi connectivity index (χ4n) is 4.03. The monoisotopic (exact) mass is 436 g/mol. The number of likely N-dealkylation sites (tertiary alicyclic amines) is 1. The second kappa shape index (κ2) is 9.17. The summed E-state index contributed by atoms with van der Waals surface area (Å²) in [6, 6.07) is 7.16. The zero-order valence-corrected chi connectivity index (χ0v) is 17.9. The van der Waals surface area contributed by atoms with Crippen LogP contribution in [0.25, 0.3) is 11.1 Å². The van der Waals surface area contributed by atoms with Crippen LogP contribution in [0.5, 0.6) is 5.75 Å². The third-order valence-corrected chi connectivity index (χ3v) is 5.54. The Morgan fingerprint density at radius 3 is 2.66 bits per heavy atom. The van der Waals surface area contributed by atoms with Crippen LogP contribution < -0.4 is 4.74 Å². The van der Waals surface area contributed by atoms with Crippen molar-refractivity contribution in [2.24, 2.45) is 0 Å². The Labute approximate surface area is 185 Å². The van der Waals surface area contributed by atoms with Crippen molar-refractivity contribution in [3.05, 3.63) is 59.6 Å². The van der Waals surface area contributed by atoms with Crippen molar-refractivity contribution in [1.82, 2.24) is 20.1 Å². The first-order chi connectivity index (χ1) is 15.5. The lowest BCUT2D eigenvalue weighted by atomic mass is 9.92. The summed E-state index contributed by atoms with van der Waals surface area (Å²) < 4.78 is 11.1. The van der Waals surface area contributed by atoms with Crippen molar-refractivity contribution in [3.8, 4) is 16.9 Å². The van der Waals surface area contributed by atoms with Crippen LogP contribution in [0.2, 0.25) is 0 Å². The lowest BCUT2D eigenvalue weighted by Crippen LogP contribution is -2.28. The first kappa shape index (κ1) is 21.5. The number of carboxylic acids is 1. The summed E-state index contributed by atoms with van der Waals surface area (Å²) in [7, 11) is 1.55. The van der Waals surface area contributed by atoms with Crippen molar-refractivity contribution < 1.29 is 23.8 Å². The minimum absolute atomic E-state index is 0.0589. The molecule has 1 fully saturated rings. The number of hydrogen-bond acceptors (Lipinski definition) is 7. The molecular formula is C23H24N4O5. The van der Waals surface area contributed by atoms with E-state index >= 15 is 0 Å². The molecule has 1 unspecified atom stereocenters. The van der Waals surface area contributed by atoms with Gasteiger partial charge in [0.1, 0.15) is 5.75 Å². The zero-order chi connectivity index (χ0) is 22.7. The predicted octanol–water partition coefficient (Wildman–Crippen LogP) is 3.29. The Morgan fingerprint density at radius 1 is 1.22 bits per heavy atom. The molecule has 4 rings (SSSR count). The number of nitrogens with zero attached hydrogens (tertiary/aromatic N) is 4. The number of pyridine rings is 1. The van der Waals surface area contributed by atoms with E-state index in [9.17, 15) is 14.7 Å². The van der Waals surface area contributed by atoms with E-state index in [1.807, 2.05) is 4.90 Å². The second-order valence-electron chi connectivity index (χ2n) is 7.70. The smallest absolute Gasteiger partial charge is 0.304 e. The second-order valence-corrected chi connectivity index (χ2v) is 7.70. The van der Waals surface area contributed by atoms with E-state index in [1.165, 1.54) is 0 Å². The van der Waals surface area contributed by atoms with Crippen LogP contribution in [-0.2, 0) is 4.79 Å². The SMILES string of the molecule is COc1cccc(C(=O)N2CCCC2)c1-c1cncc(C(CC(=O)O)c2nnc(C)o2)c1. The number of carboxylic acid groups (broad SMARTS) is 1. The molecule has 32 heavy (non-hydrogen) atoms. The minimum Gasteiger partial charge on any atom is -0.496 e. The summed E-state index contributed by atoms with van der Waals surface area (Å²) in [5.41, 5.74) is 2.39. The van der Waals surface area contributed by atoms with Crippen molar-refractivity contribution in [3.63, 3.8) is 0 Å². The van der Waals surface area contributed by atoms with Crippen LogP contribution in [0.3, 0.4) is 0 Å². The molecular weight excluding hydrogens is 412 g/mol. The van der Waals surface area contributed by atoms with Gasteiger partial charge in [0.25, 0.3) is 5.91 Å². The molecule has 1 aliphatic rings. The Morgan fingerprint density at radius 2 is 2.00 bits per heavy atom. The summed E-state index contributed by atoms with van der Waals surface area (Å²) >= 11 is 0. The summed E-state index contributed by atoms with van der Waals surface area (Å²) in [6.07, 6.45) is 4.95. The highest BCUT2D eigenvalue weighted by atomic mass is 16.5. The largest absolute Gasteiger partial charge is 0.496 e. The van der Waals surface area contributed by atoms with Crippen LogP contribution >= 0.6 is 0 Å². The fraction of sp³-hybridized carbons (Fsp3) is 0.348. The zero-order valence-electron chi connectivity index (χ0n) is 17.9. The van der Waals surface area contributed by atoms with Crippen LogP contribution in [0, 0.1) is 6.92 Å². The van der Waals surface area contributed by atoms with Crippen molar-refractivity contribution in [2.45, 2.75) is 32.1 Å². The molecule has 0 aliphatic carbocycles. The topological polar surface area (TPSA) is 119 Å². The summed E-state index contributed by atoms with van der Waals surface area (Å²) in [5, 5.41) is 17.3. The molecule has 0 spiro atoms. The van der Waals surface area contributed by atoms with E-state index in [-0.39, 0.29) is 18.2 Å². The number of methoxy groups -OCH3 is 1. The molecule has 1 saturated heterocycles. The highest BCUT2D eigenvalue weighted by Crippen LogP contribution is 2.37. The first-order valence-corrected chi connectivity index (χ1v) is 10.4. The van der Waals surface area contributed by atoms with Crippen LogP contribution in [0.4, 0.5) is 0 Å². The number of ether oxygens (including phenoxy) is 1. The Bertz CT molecular complexity index is 1140. The molecule has 1 N–H and O–H groups in total. The number of hydrogen-bond donors (Lipinski definition) is 1. The number of aromatic nitrogens is 3. The van der Waals surface area contributed by atoms with Crippen molar-refractivity contribution in [2.75, 3.05) is 20.2 Å². The molecule has 9 nitrogen and oxygen atoms in total. The van der Waals surface area contributed by atoms with Gasteiger partial charge in [-0.2, -0.15) is 0 Å². The molecule has 166 valence electrons. The van der Waals surface area contributed by atoms with Crippen LogP contribution in [-0.4, -0.2) is 57.3 Å². The van der Waals surface area contributed by atoms with Gasteiger partial charge < -0.3 is 19.2 Å². The van der Waals surface area contributed by atoms with Gasteiger partial charge in [0.05, 0.1) is 25.0 Å². The first-order valence-electron chi connectivity index (χ1n) is 10.4. The summed E-state index contributed by atoms with van der Waals surface area (Å²) in [5.74, 6) is -0.638. The quantitative estimate of drug-likeness (QED) is 0.599. The van der Waals surface area contributed by atoms with E-state index in [0.717, 1.165) is 25.9 Å². The van der Waals surface area contributed by atoms with Gasteiger partial charge in [-0.3, -0.25) is 14.6 Å². The molecule has 9 heteroatoms. The van der Waals surface area contributed by atoms with Crippen LogP contribution in [0.15, 0.2) is 41.1 Å². The van der Waals surface area contributed by atoms with Gasteiger partial charge >= 0.3 is 5.97 Å². The number of carbonyl (C=O) groups is 2. The van der Waals surface area contributed by atoms with Gasteiger partial charge in [-0.05, 0) is 36.6 Å². The van der Waals surface area contributed by atoms with Gasteiger partial charge in [-0.1, -0.05) is 6.07 Å². The van der Waals surface area contributed by atoms with E-state index in [2.05, 4.69) is 15.2 Å². The number of aliphatic carboxylic acids is 1. The van der Waals surface area contributed by atoms with Gasteiger partial charge in [-0.25, -0.2) is 0 Å². The number of aryl methyl sites for hydroxylation is 1. The van der Waals surface area contributed by atoms with Crippen LogP contribution in [0.1, 0.15) is 52.9 Å². The Hall–Kier alpha value is -3.75. The highest BCUT2D eigenvalue weighted by Gasteiger charge is 2.27. The third kappa shape index (κ3) is 4.32. The Kier molecular flexibility index (Phi) is 6.16. The van der Waals surface area contributed by atoms with Gasteiger partial charge in [0.15, 0.2) is 0 Å². The number of rotatable bonds is 7. The van der Waals surface area contributed by atoms with E-state index in [4.69, 9.17) is 9.15 Å². The van der Waals surface area contributed by atoms with E-state index in [1.54, 1.807) is 50.7 Å². The number of benzene rings is 1. The standard InChI is InChI=1S/C23H24N4O5/c1-14-25-26-22(32-14)18(11-20(28)29)15-10-16(13-24-12-15)21-17(6-5-7-19(21)31-2)23(30)27-8-3-4-9-27/h5-7,10,12-13,18H,3-4,8-9,11H2,1-2H3,(H,28,29). The van der Waals surface area contributed by atoms with Crippen molar-refractivity contribution in [1.29, 1.82) is 0 Å². The molecule has 0 bridgehead atoms. The molecule has 3 heterocycles. The van der Waals surface area contributed by atoms with E-state index in [0.29, 0.717) is 33.9 Å². The average molecular weight is 436 g/mol. The molecule has 1 amide bonds. The van der Waals surface area contributed by atoms with Gasteiger partial charge in [-0.15, -0.1) is 10.2 Å². The predicted molar refractivity (Wildman–Crippen MR) is 114 cm³/mol. The molecule has 3 aromatic rings. The maximum atomic E-state index is 13.2. The molecule has 0 radical (unpaired) electrons. The Balaban J connectivity index is 1.80. The average Bonchev–Trinajstić information content (AvgIpc) is 3.48. The van der Waals surface area contributed by atoms with Gasteiger partial charge in [0.2, 0.25) is 11.8 Å². The minimum atomic E-state index is -1.00. The highest BCUT2D eigenvalue weighted by molar-refractivity contribution is 6.02. The summed E-state index contributed by atoms with van der Waals surface area (Å²) in [6.45, 7) is 3.10. The van der Waals surface area contributed by atoms with Crippen molar-refractivity contribution >= 4 is 11.9 Å². The molecule has 0 saturated carbocycles. The van der Waals surface area contributed by atoms with Gasteiger partial charge in [0, 0.05) is 43.5 Å². The summed E-state index contributed by atoms with van der Waals surface area (Å²) in [4.78, 5) is 30.9. The molecule has 2 aromatic heterocycles. The number of carbonyl (C=O) groups excluding carboxylic acids is 1. The number of amides is 1. The maximum Gasteiger partial charge on any atom is 0.304 e. The fourth-order valence-corrected chi connectivity index (χ4v) is 4.03. The van der Waals surface area contributed by atoms with E-state index < -0.39 is 11.9 Å².